The first kappa shape index (κ1) is 14.2. The Morgan fingerprint density at radius 3 is 2.61 bits per heavy atom. The van der Waals surface area contributed by atoms with Crippen LogP contribution in [-0.4, -0.2) is 18.7 Å². The average molecular weight is 304 g/mol. The van der Waals surface area contributed by atoms with Crippen molar-refractivity contribution in [2.75, 3.05) is 11.4 Å². The van der Waals surface area contributed by atoms with Crippen LogP contribution in [0.5, 0.6) is 0 Å². The molecular formula is C20H20N2O. The van der Waals surface area contributed by atoms with Crippen molar-refractivity contribution < 1.29 is 4.79 Å². The highest BCUT2D eigenvalue weighted by Gasteiger charge is 2.49. The summed E-state index contributed by atoms with van der Waals surface area (Å²) in [5, 5.41) is 0. The molecule has 2 atom stereocenters. The molecule has 2 aliphatic rings. The Kier molecular flexibility index (Phi) is 3.29. The number of fused-ring (bicyclic) bond motifs is 2. The fraction of sp³-hybridized carbons (Fsp3) is 0.300. The van der Waals surface area contributed by atoms with E-state index in [1.54, 1.807) is 0 Å². The zero-order valence-electron chi connectivity index (χ0n) is 13.3. The number of carbonyl (C=O) groups excluding carboxylic acids is 1. The zero-order valence-corrected chi connectivity index (χ0v) is 13.3. The highest BCUT2D eigenvalue weighted by molar-refractivity contribution is 6.04. The fourth-order valence-electron chi connectivity index (χ4n) is 3.91. The Labute approximate surface area is 136 Å². The predicted molar refractivity (Wildman–Crippen MR) is 92.9 cm³/mol. The van der Waals surface area contributed by atoms with E-state index in [0.717, 1.165) is 24.2 Å². The van der Waals surface area contributed by atoms with Gasteiger partial charge in [0.15, 0.2) is 0 Å². The molecule has 116 valence electrons. The summed E-state index contributed by atoms with van der Waals surface area (Å²) in [6, 6.07) is 18.5. The van der Waals surface area contributed by atoms with Gasteiger partial charge in [0.05, 0.1) is 12.5 Å². The molecule has 1 spiro atoms. The van der Waals surface area contributed by atoms with Crippen LogP contribution >= 0.6 is 0 Å². The van der Waals surface area contributed by atoms with Gasteiger partial charge in [-0.2, -0.15) is 0 Å². The van der Waals surface area contributed by atoms with Gasteiger partial charge in [0, 0.05) is 23.9 Å². The van der Waals surface area contributed by atoms with Crippen molar-refractivity contribution in [2.45, 2.75) is 25.3 Å². The Bertz CT molecular complexity index is 768. The van der Waals surface area contributed by atoms with E-state index >= 15 is 0 Å². The summed E-state index contributed by atoms with van der Waals surface area (Å²) < 4.78 is 0. The molecule has 0 aromatic heterocycles. The lowest BCUT2D eigenvalue weighted by Gasteiger charge is -2.43. The number of aliphatic imine (C=N–C) groups is 1. The van der Waals surface area contributed by atoms with Gasteiger partial charge < -0.3 is 4.90 Å². The molecule has 0 fully saturated rings. The lowest BCUT2D eigenvalue weighted by Crippen LogP contribution is -2.50. The number of nitrogens with zero attached hydrogens (tertiary/aromatic N) is 2. The van der Waals surface area contributed by atoms with Gasteiger partial charge in [-0.15, -0.1) is 0 Å². The SMILES string of the molecule is C[C@H]1C(=O)N(Cc2ccccc2)c2ccccc2[C@]12C=NCC2. The molecule has 1 amide bonds. The first-order chi connectivity index (χ1) is 11.2. The van der Waals surface area contributed by atoms with Crippen LogP contribution in [0.25, 0.3) is 0 Å². The predicted octanol–water partition coefficient (Wildman–Crippen LogP) is 3.58. The molecule has 23 heavy (non-hydrogen) atoms. The maximum atomic E-state index is 13.1. The molecule has 2 heterocycles. The van der Waals surface area contributed by atoms with Crippen molar-refractivity contribution in [3.05, 3.63) is 65.7 Å². The third-order valence-corrected chi connectivity index (χ3v) is 5.27. The third kappa shape index (κ3) is 2.11. The normalized spacial score (nSPS) is 25.9. The van der Waals surface area contributed by atoms with Gasteiger partial charge in [-0.1, -0.05) is 55.5 Å². The third-order valence-electron chi connectivity index (χ3n) is 5.27. The van der Waals surface area contributed by atoms with Crippen LogP contribution in [-0.2, 0) is 16.8 Å². The molecule has 0 bridgehead atoms. The minimum atomic E-state index is -0.221. The van der Waals surface area contributed by atoms with E-state index in [-0.39, 0.29) is 17.2 Å². The van der Waals surface area contributed by atoms with Crippen LogP contribution in [0.4, 0.5) is 5.69 Å². The van der Waals surface area contributed by atoms with Crippen LogP contribution in [0.15, 0.2) is 59.6 Å². The monoisotopic (exact) mass is 304 g/mol. The molecule has 0 aliphatic carbocycles. The summed E-state index contributed by atoms with van der Waals surface area (Å²) in [4.78, 5) is 19.5. The van der Waals surface area contributed by atoms with Gasteiger partial charge in [0.2, 0.25) is 5.91 Å². The summed E-state index contributed by atoms with van der Waals surface area (Å²) in [5.74, 6) is 0.119. The van der Waals surface area contributed by atoms with Crippen LogP contribution in [0.2, 0.25) is 0 Å². The van der Waals surface area contributed by atoms with Crippen molar-refractivity contribution in [1.29, 1.82) is 0 Å². The van der Waals surface area contributed by atoms with Gasteiger partial charge in [0.1, 0.15) is 0 Å². The van der Waals surface area contributed by atoms with Gasteiger partial charge in [-0.3, -0.25) is 9.79 Å². The van der Waals surface area contributed by atoms with Gasteiger partial charge in [-0.25, -0.2) is 0 Å². The van der Waals surface area contributed by atoms with Crippen molar-refractivity contribution >= 4 is 17.8 Å². The molecule has 0 unspecified atom stereocenters. The molecule has 3 nitrogen and oxygen atoms in total. The first-order valence-electron chi connectivity index (χ1n) is 8.18. The Balaban J connectivity index is 1.82. The highest BCUT2D eigenvalue weighted by Crippen LogP contribution is 2.47. The minimum Gasteiger partial charge on any atom is -0.307 e. The van der Waals surface area contributed by atoms with Crippen LogP contribution in [0, 0.1) is 5.92 Å². The molecule has 2 aromatic carbocycles. The van der Waals surface area contributed by atoms with Crippen LogP contribution < -0.4 is 4.90 Å². The zero-order chi connectivity index (χ0) is 15.9. The second-order valence-corrected chi connectivity index (χ2v) is 6.47. The minimum absolute atomic E-state index is 0.0765. The van der Waals surface area contributed by atoms with Gasteiger partial charge >= 0.3 is 0 Å². The smallest absolute Gasteiger partial charge is 0.231 e. The molecule has 4 rings (SSSR count). The number of para-hydroxylation sites is 1. The topological polar surface area (TPSA) is 32.7 Å². The maximum absolute atomic E-state index is 13.1. The molecule has 0 N–H and O–H groups in total. The number of benzene rings is 2. The number of hydrogen-bond acceptors (Lipinski definition) is 2. The molecular weight excluding hydrogens is 284 g/mol. The van der Waals surface area contributed by atoms with Crippen LogP contribution in [0.1, 0.15) is 24.5 Å². The van der Waals surface area contributed by atoms with E-state index in [9.17, 15) is 4.79 Å². The van der Waals surface area contributed by atoms with E-state index in [2.05, 4.69) is 35.3 Å². The van der Waals surface area contributed by atoms with Crippen molar-refractivity contribution in [2.24, 2.45) is 10.9 Å². The average Bonchev–Trinajstić information content (AvgIpc) is 3.09. The number of rotatable bonds is 2. The number of amides is 1. The van der Waals surface area contributed by atoms with E-state index in [1.807, 2.05) is 42.3 Å². The van der Waals surface area contributed by atoms with Crippen molar-refractivity contribution in [1.82, 2.24) is 0 Å². The standard InChI is InChI=1S/C20H20N2O/c1-15-19(23)22(13-16-7-3-2-4-8-16)18-10-6-5-9-17(18)20(15)11-12-21-14-20/h2-10,14-15H,11-13H2,1H3/t15-,20+/m0/s1. The van der Waals surface area contributed by atoms with Crippen molar-refractivity contribution in [3.63, 3.8) is 0 Å². The molecule has 2 aromatic rings. The quantitative estimate of drug-likeness (QED) is 0.834. The number of carbonyl (C=O) groups is 1. The second kappa shape index (κ2) is 5.34. The molecule has 3 heteroatoms. The largest absolute Gasteiger partial charge is 0.307 e. The molecule has 0 saturated heterocycles. The van der Waals surface area contributed by atoms with E-state index in [1.165, 1.54) is 5.56 Å². The Hall–Kier alpha value is -2.42. The number of hydrogen-bond donors (Lipinski definition) is 0. The van der Waals surface area contributed by atoms with Crippen LogP contribution in [0.3, 0.4) is 0 Å². The van der Waals surface area contributed by atoms with E-state index < -0.39 is 0 Å². The number of anilines is 1. The van der Waals surface area contributed by atoms with Gasteiger partial charge in [-0.05, 0) is 23.6 Å². The lowest BCUT2D eigenvalue weighted by molar-refractivity contribution is -0.123. The molecule has 0 saturated carbocycles. The summed E-state index contributed by atoms with van der Waals surface area (Å²) >= 11 is 0. The molecule has 0 radical (unpaired) electrons. The summed E-state index contributed by atoms with van der Waals surface area (Å²) in [5.41, 5.74) is 3.21. The summed E-state index contributed by atoms with van der Waals surface area (Å²) in [7, 11) is 0. The van der Waals surface area contributed by atoms with E-state index in [4.69, 9.17) is 0 Å². The summed E-state index contributed by atoms with van der Waals surface area (Å²) in [6.45, 7) is 3.48. The maximum Gasteiger partial charge on any atom is 0.231 e. The van der Waals surface area contributed by atoms with Gasteiger partial charge in [0.25, 0.3) is 0 Å². The lowest BCUT2D eigenvalue weighted by atomic mass is 9.67. The first-order valence-corrected chi connectivity index (χ1v) is 8.18. The summed E-state index contributed by atoms with van der Waals surface area (Å²) in [6.07, 6.45) is 2.95. The Morgan fingerprint density at radius 2 is 1.87 bits per heavy atom. The van der Waals surface area contributed by atoms with E-state index in [0.29, 0.717) is 6.54 Å². The highest BCUT2D eigenvalue weighted by atomic mass is 16.2. The van der Waals surface area contributed by atoms with Crippen molar-refractivity contribution in [3.8, 4) is 0 Å². The Morgan fingerprint density at radius 1 is 1.13 bits per heavy atom. The molecule has 2 aliphatic heterocycles. The second-order valence-electron chi connectivity index (χ2n) is 6.47. The fourth-order valence-corrected chi connectivity index (χ4v) is 3.91.